The molecule has 1 amide bonds. The Morgan fingerprint density at radius 1 is 1.12 bits per heavy atom. The van der Waals surface area contributed by atoms with Crippen LogP contribution in [0.3, 0.4) is 0 Å². The number of nitrogens with zero attached hydrogens (tertiary/aromatic N) is 3. The number of hydrogen-bond donors (Lipinski definition) is 1. The highest BCUT2D eigenvalue weighted by molar-refractivity contribution is 7.20. The molecule has 0 saturated heterocycles. The van der Waals surface area contributed by atoms with Gasteiger partial charge in [0.15, 0.2) is 11.5 Å². The molecular weight excluding hydrogens is 448 g/mol. The van der Waals surface area contributed by atoms with Gasteiger partial charge in [0.2, 0.25) is 11.0 Å². The summed E-state index contributed by atoms with van der Waals surface area (Å²) in [6.07, 6.45) is 1.27. The molecule has 1 aliphatic heterocycles. The van der Waals surface area contributed by atoms with E-state index >= 15 is 0 Å². The van der Waals surface area contributed by atoms with Crippen molar-refractivity contribution in [2.24, 2.45) is 0 Å². The summed E-state index contributed by atoms with van der Waals surface area (Å²) < 4.78 is 14.6. The van der Waals surface area contributed by atoms with Crippen molar-refractivity contribution in [3.05, 3.63) is 58.8 Å². The van der Waals surface area contributed by atoms with Gasteiger partial charge in [-0.3, -0.25) is 4.79 Å². The molecule has 1 atom stereocenters. The van der Waals surface area contributed by atoms with E-state index in [0.717, 1.165) is 44.3 Å². The van der Waals surface area contributed by atoms with Gasteiger partial charge < -0.3 is 14.8 Å². The Hall–Kier alpha value is -3.39. The fourth-order valence-electron chi connectivity index (χ4n) is 4.42. The van der Waals surface area contributed by atoms with Gasteiger partial charge in [-0.1, -0.05) is 30.4 Å². The molecule has 0 fully saturated rings. The standard InChI is InChI=1S/C26H28N4O3S/c1-5-11-33-20-10-8-17(13-21(20)32-6-2)18-14-23(31)28-25-24(18)16(4)29-30(25)26-27-19-9-7-15(3)12-22(19)34-26/h7-10,12-13,18H,5-6,11,14H2,1-4H3,(H,28,31)/t18-/m0/s1. The normalized spacial score (nSPS) is 15.3. The summed E-state index contributed by atoms with van der Waals surface area (Å²) >= 11 is 1.57. The lowest BCUT2D eigenvalue weighted by atomic mass is 9.85. The number of fused-ring (bicyclic) bond motifs is 2. The van der Waals surface area contributed by atoms with Crippen molar-refractivity contribution < 1.29 is 14.3 Å². The molecule has 1 aliphatic rings. The molecule has 8 heteroatoms. The van der Waals surface area contributed by atoms with E-state index in [1.165, 1.54) is 5.56 Å². The molecule has 0 aliphatic carbocycles. The number of hydrogen-bond acceptors (Lipinski definition) is 6. The Morgan fingerprint density at radius 3 is 2.76 bits per heavy atom. The predicted molar refractivity (Wildman–Crippen MR) is 135 cm³/mol. The summed E-state index contributed by atoms with van der Waals surface area (Å²) in [5.74, 6) is 1.95. The molecule has 7 nitrogen and oxygen atoms in total. The highest BCUT2D eigenvalue weighted by Gasteiger charge is 2.33. The van der Waals surface area contributed by atoms with E-state index in [0.29, 0.717) is 31.2 Å². The van der Waals surface area contributed by atoms with Gasteiger partial charge in [0.25, 0.3) is 0 Å². The third-order valence-corrected chi connectivity index (χ3v) is 6.94. The van der Waals surface area contributed by atoms with E-state index in [-0.39, 0.29) is 11.8 Å². The maximum atomic E-state index is 12.8. The molecule has 0 bridgehead atoms. The van der Waals surface area contributed by atoms with Crippen LogP contribution < -0.4 is 14.8 Å². The number of nitrogens with one attached hydrogen (secondary N) is 1. The van der Waals surface area contributed by atoms with Gasteiger partial charge in [-0.15, -0.1) is 0 Å². The van der Waals surface area contributed by atoms with Gasteiger partial charge in [0.05, 0.1) is 29.1 Å². The molecule has 5 rings (SSSR count). The van der Waals surface area contributed by atoms with Crippen LogP contribution in [0.4, 0.5) is 5.82 Å². The molecule has 0 saturated carbocycles. The number of amides is 1. The largest absolute Gasteiger partial charge is 0.490 e. The Morgan fingerprint density at radius 2 is 1.97 bits per heavy atom. The van der Waals surface area contributed by atoms with Gasteiger partial charge in [-0.25, -0.2) is 4.98 Å². The lowest BCUT2D eigenvalue weighted by molar-refractivity contribution is -0.116. The Kier molecular flexibility index (Phi) is 6.00. The second kappa shape index (κ2) is 9.10. The van der Waals surface area contributed by atoms with Crippen LogP contribution in [0, 0.1) is 13.8 Å². The molecule has 0 radical (unpaired) electrons. The summed E-state index contributed by atoms with van der Waals surface area (Å²) in [6, 6.07) is 12.2. The van der Waals surface area contributed by atoms with Crippen molar-refractivity contribution in [2.75, 3.05) is 18.5 Å². The maximum Gasteiger partial charge on any atom is 0.226 e. The highest BCUT2D eigenvalue weighted by Crippen LogP contribution is 2.43. The number of anilines is 1. The first kappa shape index (κ1) is 22.4. The van der Waals surface area contributed by atoms with Gasteiger partial charge in [0.1, 0.15) is 5.82 Å². The Bertz CT molecular complexity index is 1370. The number of thiazole rings is 1. The summed E-state index contributed by atoms with van der Waals surface area (Å²) in [6.45, 7) is 9.25. The van der Waals surface area contributed by atoms with Gasteiger partial charge >= 0.3 is 0 Å². The van der Waals surface area contributed by atoms with E-state index in [2.05, 4.69) is 31.3 Å². The molecule has 2 aromatic carbocycles. The lowest BCUT2D eigenvalue weighted by Gasteiger charge is -2.25. The molecule has 0 spiro atoms. The third-order valence-electron chi connectivity index (χ3n) is 5.95. The van der Waals surface area contributed by atoms with Crippen LogP contribution in [0.1, 0.15) is 55.0 Å². The van der Waals surface area contributed by atoms with E-state index < -0.39 is 0 Å². The van der Waals surface area contributed by atoms with Crippen molar-refractivity contribution in [3.8, 4) is 16.6 Å². The second-order valence-electron chi connectivity index (χ2n) is 8.52. The maximum absolute atomic E-state index is 12.8. The number of aryl methyl sites for hydroxylation is 2. The van der Waals surface area contributed by atoms with Crippen LogP contribution in [-0.2, 0) is 4.79 Å². The van der Waals surface area contributed by atoms with Crippen LogP contribution in [0.25, 0.3) is 15.3 Å². The summed E-state index contributed by atoms with van der Waals surface area (Å²) in [5, 5.41) is 8.60. The Labute approximate surface area is 202 Å². The molecule has 176 valence electrons. The molecule has 3 heterocycles. The van der Waals surface area contributed by atoms with E-state index in [1.54, 1.807) is 16.0 Å². The van der Waals surface area contributed by atoms with Gasteiger partial charge in [-0.05, 0) is 62.6 Å². The van der Waals surface area contributed by atoms with Crippen molar-refractivity contribution >= 4 is 33.3 Å². The minimum absolute atomic E-state index is 0.0418. The number of ether oxygens (including phenoxy) is 2. The van der Waals surface area contributed by atoms with Crippen LogP contribution in [0.15, 0.2) is 36.4 Å². The van der Waals surface area contributed by atoms with Crippen LogP contribution in [0.2, 0.25) is 0 Å². The molecule has 1 N–H and O–H groups in total. The average Bonchev–Trinajstić information content (AvgIpc) is 3.38. The SMILES string of the molecule is CCCOc1ccc([C@@H]2CC(=O)Nc3c2c(C)nn3-c2nc3ccc(C)cc3s2)cc1OCC. The third kappa shape index (κ3) is 4.03. The Balaban J connectivity index is 1.58. The van der Waals surface area contributed by atoms with Gasteiger partial charge in [0, 0.05) is 17.9 Å². The van der Waals surface area contributed by atoms with E-state index in [1.807, 2.05) is 38.1 Å². The number of aromatic nitrogens is 3. The predicted octanol–water partition coefficient (Wildman–Crippen LogP) is 5.76. The number of carbonyl (C=O) groups excluding carboxylic acids is 1. The van der Waals surface area contributed by atoms with Crippen LogP contribution in [0.5, 0.6) is 11.5 Å². The molecule has 34 heavy (non-hydrogen) atoms. The number of benzene rings is 2. The van der Waals surface area contributed by atoms with Crippen molar-refractivity contribution in [2.45, 2.75) is 46.5 Å². The summed E-state index contributed by atoms with van der Waals surface area (Å²) in [4.78, 5) is 17.6. The minimum Gasteiger partial charge on any atom is -0.490 e. The zero-order valence-electron chi connectivity index (χ0n) is 19.8. The number of rotatable bonds is 7. The molecule has 4 aromatic rings. The number of carbonyl (C=O) groups is 1. The molecule has 0 unspecified atom stereocenters. The van der Waals surface area contributed by atoms with Crippen molar-refractivity contribution in [1.82, 2.24) is 14.8 Å². The van der Waals surface area contributed by atoms with Crippen molar-refractivity contribution in [3.63, 3.8) is 0 Å². The quantitative estimate of drug-likeness (QED) is 0.367. The molecular formula is C26H28N4O3S. The first-order valence-corrected chi connectivity index (χ1v) is 12.5. The van der Waals surface area contributed by atoms with Gasteiger partial charge in [-0.2, -0.15) is 9.78 Å². The van der Waals surface area contributed by atoms with E-state index in [4.69, 9.17) is 19.6 Å². The zero-order chi connectivity index (χ0) is 23.8. The zero-order valence-corrected chi connectivity index (χ0v) is 20.7. The monoisotopic (exact) mass is 476 g/mol. The minimum atomic E-state index is -0.131. The first-order valence-electron chi connectivity index (χ1n) is 11.6. The topological polar surface area (TPSA) is 78.3 Å². The first-order chi connectivity index (χ1) is 16.5. The van der Waals surface area contributed by atoms with Crippen LogP contribution in [-0.4, -0.2) is 33.9 Å². The highest BCUT2D eigenvalue weighted by atomic mass is 32.1. The molecule has 2 aromatic heterocycles. The fraction of sp³-hybridized carbons (Fsp3) is 0.346. The smallest absolute Gasteiger partial charge is 0.226 e. The second-order valence-corrected chi connectivity index (χ2v) is 9.53. The van der Waals surface area contributed by atoms with Crippen LogP contribution >= 0.6 is 11.3 Å². The average molecular weight is 477 g/mol. The summed E-state index contributed by atoms with van der Waals surface area (Å²) in [7, 11) is 0. The van der Waals surface area contributed by atoms with E-state index in [9.17, 15) is 4.79 Å². The lowest BCUT2D eigenvalue weighted by Crippen LogP contribution is -2.25. The van der Waals surface area contributed by atoms with Crippen molar-refractivity contribution in [1.29, 1.82) is 0 Å². The fourth-order valence-corrected chi connectivity index (χ4v) is 5.44. The summed E-state index contributed by atoms with van der Waals surface area (Å²) in [5.41, 5.74) is 5.01.